The molecule has 2 aromatic heterocycles. The molecule has 0 aliphatic rings. The Labute approximate surface area is 97.5 Å². The van der Waals surface area contributed by atoms with Gasteiger partial charge in [0.2, 0.25) is 5.13 Å². The molecule has 0 fully saturated rings. The predicted molar refractivity (Wildman–Crippen MR) is 63.0 cm³/mol. The van der Waals surface area contributed by atoms with E-state index in [4.69, 9.17) is 5.84 Å². The lowest BCUT2D eigenvalue weighted by atomic mass is 10.3. The van der Waals surface area contributed by atoms with E-state index in [0.717, 1.165) is 23.7 Å². The molecule has 0 bridgehead atoms. The zero-order valence-electron chi connectivity index (χ0n) is 9.05. The fourth-order valence-corrected chi connectivity index (χ4v) is 2.11. The van der Waals surface area contributed by atoms with Crippen LogP contribution in [-0.4, -0.2) is 19.7 Å². The van der Waals surface area contributed by atoms with Gasteiger partial charge in [0.25, 0.3) is 0 Å². The zero-order chi connectivity index (χ0) is 11.4. The van der Waals surface area contributed by atoms with Crippen LogP contribution in [0.25, 0.3) is 0 Å². The SMILES string of the molecule is CCCc1nccn1Cc1nnc(NN)s1. The van der Waals surface area contributed by atoms with Gasteiger partial charge < -0.3 is 4.57 Å². The number of hydrazine groups is 1. The first kappa shape index (κ1) is 11.0. The molecular weight excluding hydrogens is 224 g/mol. The summed E-state index contributed by atoms with van der Waals surface area (Å²) in [5, 5.41) is 9.48. The maximum atomic E-state index is 5.25. The van der Waals surface area contributed by atoms with Crippen molar-refractivity contribution in [1.82, 2.24) is 19.7 Å². The van der Waals surface area contributed by atoms with Crippen LogP contribution < -0.4 is 11.3 Å². The minimum atomic E-state index is 0.632. The first-order valence-corrected chi connectivity index (χ1v) is 5.94. The van der Waals surface area contributed by atoms with E-state index in [0.29, 0.717) is 11.7 Å². The summed E-state index contributed by atoms with van der Waals surface area (Å²) in [5.41, 5.74) is 2.49. The Morgan fingerprint density at radius 3 is 3.06 bits per heavy atom. The molecule has 0 aliphatic heterocycles. The van der Waals surface area contributed by atoms with Gasteiger partial charge in [-0.2, -0.15) is 0 Å². The van der Waals surface area contributed by atoms with Crippen molar-refractivity contribution in [3.05, 3.63) is 23.2 Å². The molecule has 0 spiro atoms. The third-order valence-corrected chi connectivity index (χ3v) is 3.01. The molecule has 0 saturated heterocycles. The molecule has 0 saturated carbocycles. The van der Waals surface area contributed by atoms with Gasteiger partial charge >= 0.3 is 0 Å². The summed E-state index contributed by atoms with van der Waals surface area (Å²) in [6.07, 6.45) is 5.84. The number of anilines is 1. The van der Waals surface area contributed by atoms with Crippen molar-refractivity contribution in [2.24, 2.45) is 5.84 Å². The van der Waals surface area contributed by atoms with Crippen LogP contribution in [0.5, 0.6) is 0 Å². The first-order valence-electron chi connectivity index (χ1n) is 5.12. The Morgan fingerprint density at radius 1 is 1.50 bits per heavy atom. The first-order chi connectivity index (χ1) is 7.83. The summed E-state index contributed by atoms with van der Waals surface area (Å²) in [6.45, 7) is 2.84. The Hall–Kier alpha value is -1.47. The second kappa shape index (κ2) is 5.04. The molecule has 0 radical (unpaired) electrons. The fraction of sp³-hybridized carbons (Fsp3) is 0.444. The highest BCUT2D eigenvalue weighted by atomic mass is 32.1. The summed E-state index contributed by atoms with van der Waals surface area (Å²) in [7, 11) is 0. The van der Waals surface area contributed by atoms with Crippen LogP contribution in [-0.2, 0) is 13.0 Å². The second-order valence-electron chi connectivity index (χ2n) is 3.37. The number of nitrogens with zero attached hydrogens (tertiary/aromatic N) is 4. The number of nitrogens with one attached hydrogen (secondary N) is 1. The molecule has 7 heteroatoms. The minimum Gasteiger partial charge on any atom is -0.328 e. The average molecular weight is 238 g/mol. The van der Waals surface area contributed by atoms with Crippen molar-refractivity contribution >= 4 is 16.5 Å². The van der Waals surface area contributed by atoms with Crippen molar-refractivity contribution in [3.63, 3.8) is 0 Å². The zero-order valence-corrected chi connectivity index (χ0v) is 9.87. The molecule has 3 N–H and O–H groups in total. The summed E-state index contributed by atoms with van der Waals surface area (Å²) in [6, 6.07) is 0. The van der Waals surface area contributed by atoms with Crippen LogP contribution in [0.15, 0.2) is 12.4 Å². The van der Waals surface area contributed by atoms with E-state index < -0.39 is 0 Å². The molecule has 0 unspecified atom stereocenters. The molecule has 0 amide bonds. The topological polar surface area (TPSA) is 81.7 Å². The highest BCUT2D eigenvalue weighted by molar-refractivity contribution is 7.15. The van der Waals surface area contributed by atoms with E-state index in [-0.39, 0.29) is 0 Å². The maximum Gasteiger partial charge on any atom is 0.219 e. The summed E-state index contributed by atoms with van der Waals surface area (Å²) in [4.78, 5) is 4.31. The number of rotatable bonds is 5. The van der Waals surface area contributed by atoms with E-state index in [1.54, 1.807) is 0 Å². The number of aromatic nitrogens is 4. The van der Waals surface area contributed by atoms with Crippen molar-refractivity contribution in [1.29, 1.82) is 0 Å². The lowest BCUT2D eigenvalue weighted by Crippen LogP contribution is -2.05. The van der Waals surface area contributed by atoms with Crippen LogP contribution in [0, 0.1) is 0 Å². The molecule has 2 aromatic rings. The Morgan fingerprint density at radius 2 is 2.38 bits per heavy atom. The number of aryl methyl sites for hydroxylation is 1. The van der Waals surface area contributed by atoms with Gasteiger partial charge in [0.15, 0.2) is 0 Å². The van der Waals surface area contributed by atoms with Gasteiger partial charge in [-0.3, -0.25) is 5.43 Å². The summed E-state index contributed by atoms with van der Waals surface area (Å²) < 4.78 is 2.09. The number of hydrogen-bond acceptors (Lipinski definition) is 6. The van der Waals surface area contributed by atoms with E-state index in [9.17, 15) is 0 Å². The van der Waals surface area contributed by atoms with E-state index in [1.807, 2.05) is 12.4 Å². The van der Waals surface area contributed by atoms with Crippen molar-refractivity contribution < 1.29 is 0 Å². The molecule has 0 atom stereocenters. The number of nitrogens with two attached hydrogens (primary N) is 1. The quantitative estimate of drug-likeness (QED) is 0.600. The van der Waals surface area contributed by atoms with E-state index >= 15 is 0 Å². The van der Waals surface area contributed by atoms with Crippen molar-refractivity contribution in [2.45, 2.75) is 26.3 Å². The van der Waals surface area contributed by atoms with Gasteiger partial charge in [0, 0.05) is 18.8 Å². The van der Waals surface area contributed by atoms with Crippen LogP contribution in [0.1, 0.15) is 24.2 Å². The largest absolute Gasteiger partial charge is 0.328 e. The van der Waals surface area contributed by atoms with Crippen LogP contribution in [0.4, 0.5) is 5.13 Å². The minimum absolute atomic E-state index is 0.632. The number of nitrogen functional groups attached to an aromatic ring is 1. The standard InChI is InChI=1S/C9H14N6S/c1-2-3-7-11-4-5-15(7)6-8-13-14-9(12-10)16-8/h4-5H,2-3,6,10H2,1H3,(H,12,14). The Balaban J connectivity index is 2.10. The van der Waals surface area contributed by atoms with Gasteiger partial charge in [-0.25, -0.2) is 10.8 Å². The van der Waals surface area contributed by atoms with Crippen molar-refractivity contribution in [3.8, 4) is 0 Å². The molecule has 86 valence electrons. The summed E-state index contributed by atoms with van der Waals surface area (Å²) >= 11 is 1.45. The smallest absolute Gasteiger partial charge is 0.219 e. The lowest BCUT2D eigenvalue weighted by Gasteiger charge is -2.03. The summed E-state index contributed by atoms with van der Waals surface area (Å²) in [5.74, 6) is 6.34. The number of hydrogen-bond donors (Lipinski definition) is 2. The van der Waals surface area contributed by atoms with Crippen LogP contribution in [0.2, 0.25) is 0 Å². The highest BCUT2D eigenvalue weighted by Gasteiger charge is 2.06. The predicted octanol–water partition coefficient (Wildman–Crippen LogP) is 1.02. The van der Waals surface area contributed by atoms with Crippen LogP contribution >= 0.6 is 11.3 Å². The van der Waals surface area contributed by atoms with Crippen molar-refractivity contribution in [2.75, 3.05) is 5.43 Å². The Bertz CT molecular complexity index is 448. The third kappa shape index (κ3) is 2.37. The molecular formula is C9H14N6S. The van der Waals surface area contributed by atoms with E-state index in [1.165, 1.54) is 11.3 Å². The van der Waals surface area contributed by atoms with E-state index in [2.05, 4.69) is 32.1 Å². The third-order valence-electron chi connectivity index (χ3n) is 2.17. The molecule has 16 heavy (non-hydrogen) atoms. The molecule has 0 aromatic carbocycles. The lowest BCUT2D eigenvalue weighted by molar-refractivity contribution is 0.697. The van der Waals surface area contributed by atoms with Crippen LogP contribution in [0.3, 0.4) is 0 Å². The molecule has 2 heterocycles. The Kier molecular flexibility index (Phi) is 3.47. The molecule has 0 aliphatic carbocycles. The van der Waals surface area contributed by atoms with Gasteiger partial charge in [-0.1, -0.05) is 18.3 Å². The fourth-order valence-electron chi connectivity index (χ4n) is 1.46. The van der Waals surface area contributed by atoms with Gasteiger partial charge in [-0.05, 0) is 6.42 Å². The monoisotopic (exact) mass is 238 g/mol. The number of imidazole rings is 1. The van der Waals surface area contributed by atoms with Gasteiger partial charge in [0.05, 0.1) is 6.54 Å². The highest BCUT2D eigenvalue weighted by Crippen LogP contribution is 2.15. The molecule has 2 rings (SSSR count). The average Bonchev–Trinajstić information content (AvgIpc) is 2.90. The maximum absolute atomic E-state index is 5.25. The normalized spacial score (nSPS) is 10.6. The second-order valence-corrected chi connectivity index (χ2v) is 4.43. The van der Waals surface area contributed by atoms with Gasteiger partial charge in [0.1, 0.15) is 10.8 Å². The van der Waals surface area contributed by atoms with Gasteiger partial charge in [-0.15, -0.1) is 10.2 Å². The molecule has 6 nitrogen and oxygen atoms in total.